The van der Waals surface area contributed by atoms with Gasteiger partial charge in [0.05, 0.1) is 12.3 Å². The van der Waals surface area contributed by atoms with E-state index in [1.165, 1.54) is 13.1 Å². The minimum absolute atomic E-state index is 0.0291. The zero-order chi connectivity index (χ0) is 23.1. The minimum atomic E-state index is -4.09. The van der Waals surface area contributed by atoms with Crippen LogP contribution >= 0.6 is 7.75 Å². The van der Waals surface area contributed by atoms with Gasteiger partial charge in [0.1, 0.15) is 17.5 Å². The first-order valence-corrected chi connectivity index (χ1v) is 12.0. The lowest BCUT2D eigenvalue weighted by atomic mass is 10.1. The van der Waals surface area contributed by atoms with Gasteiger partial charge in [0, 0.05) is 29.6 Å². The molecule has 2 aromatic rings. The Labute approximate surface area is 187 Å². The van der Waals surface area contributed by atoms with E-state index >= 15 is 0 Å². The molecular formula is C22H28N3O6P. The van der Waals surface area contributed by atoms with Crippen molar-refractivity contribution < 1.29 is 28.6 Å². The second kappa shape index (κ2) is 10.7. The van der Waals surface area contributed by atoms with Crippen molar-refractivity contribution in [2.75, 3.05) is 0 Å². The van der Waals surface area contributed by atoms with Crippen LogP contribution in [-0.2, 0) is 20.5 Å². The molecule has 2 atom stereocenters. The molecule has 10 heteroatoms. The first-order chi connectivity index (χ1) is 15.3. The van der Waals surface area contributed by atoms with Crippen molar-refractivity contribution in [1.29, 1.82) is 0 Å². The standard InChI is InChI=1S/C22H28N3O6P/c1-15-21(26)20(13-24-18-8-6-7-9-18)17(12-23-15)14-30-32(29,25-16(2)22(27)28)31-19-10-4-3-5-11-19/h3-5,10-13,16,18,26H,6-9,14H2,1-2H3,(H,25,29)(H,27,28)/t16?,32-/m0/s1. The quantitative estimate of drug-likeness (QED) is 0.354. The molecule has 0 radical (unpaired) electrons. The van der Waals surface area contributed by atoms with Crippen molar-refractivity contribution in [3.8, 4) is 11.5 Å². The number of hydrogen-bond donors (Lipinski definition) is 3. The van der Waals surface area contributed by atoms with Gasteiger partial charge in [-0.25, -0.2) is 4.57 Å². The maximum atomic E-state index is 13.4. The molecule has 1 aromatic heterocycles. The van der Waals surface area contributed by atoms with Crippen molar-refractivity contribution in [3.05, 3.63) is 53.3 Å². The fraction of sp³-hybridized carbons (Fsp3) is 0.409. The van der Waals surface area contributed by atoms with Crippen LogP contribution in [0.4, 0.5) is 0 Å². The molecule has 9 nitrogen and oxygen atoms in total. The van der Waals surface area contributed by atoms with Gasteiger partial charge >= 0.3 is 13.7 Å². The number of carboxylic acid groups (broad SMARTS) is 1. The van der Waals surface area contributed by atoms with Crippen LogP contribution in [0.5, 0.6) is 11.5 Å². The maximum Gasteiger partial charge on any atom is 0.459 e. The zero-order valence-electron chi connectivity index (χ0n) is 18.1. The first kappa shape index (κ1) is 23.9. The van der Waals surface area contributed by atoms with E-state index in [1.54, 1.807) is 43.5 Å². The second-order valence-electron chi connectivity index (χ2n) is 7.71. The van der Waals surface area contributed by atoms with E-state index in [0.29, 0.717) is 16.8 Å². The molecule has 1 aromatic carbocycles. The molecule has 0 saturated heterocycles. The summed E-state index contributed by atoms with van der Waals surface area (Å²) in [4.78, 5) is 20.0. The number of aromatic nitrogens is 1. The van der Waals surface area contributed by atoms with E-state index in [4.69, 9.17) is 9.05 Å². The number of para-hydroxylation sites is 1. The number of carboxylic acids is 1. The number of aliphatic imine (C=N–C) groups is 1. The minimum Gasteiger partial charge on any atom is -0.505 e. The number of pyridine rings is 1. The highest BCUT2D eigenvalue weighted by atomic mass is 31.2. The summed E-state index contributed by atoms with van der Waals surface area (Å²) in [6, 6.07) is 7.35. The van der Waals surface area contributed by atoms with E-state index in [0.717, 1.165) is 25.7 Å². The van der Waals surface area contributed by atoms with Crippen molar-refractivity contribution in [1.82, 2.24) is 10.1 Å². The highest BCUT2D eigenvalue weighted by Crippen LogP contribution is 2.46. The third-order valence-corrected chi connectivity index (χ3v) is 6.80. The lowest BCUT2D eigenvalue weighted by Crippen LogP contribution is -2.33. The molecule has 1 aliphatic carbocycles. The Kier molecular flexibility index (Phi) is 8.01. The Morgan fingerprint density at radius 1 is 1.34 bits per heavy atom. The number of rotatable bonds is 10. The van der Waals surface area contributed by atoms with Crippen LogP contribution in [0.25, 0.3) is 0 Å². The monoisotopic (exact) mass is 461 g/mol. The molecule has 1 unspecified atom stereocenters. The van der Waals surface area contributed by atoms with E-state index in [9.17, 15) is 19.6 Å². The summed E-state index contributed by atoms with van der Waals surface area (Å²) in [6.45, 7) is 2.77. The molecular weight excluding hydrogens is 433 g/mol. The number of aryl methyl sites for hydroxylation is 1. The third kappa shape index (κ3) is 6.38. The summed E-state index contributed by atoms with van der Waals surface area (Å²) >= 11 is 0. The van der Waals surface area contributed by atoms with Gasteiger partial charge in [0.15, 0.2) is 0 Å². The topological polar surface area (TPSA) is 130 Å². The van der Waals surface area contributed by atoms with Gasteiger partial charge in [-0.1, -0.05) is 31.0 Å². The van der Waals surface area contributed by atoms with E-state index in [1.807, 2.05) is 0 Å². The zero-order valence-corrected chi connectivity index (χ0v) is 19.0. The van der Waals surface area contributed by atoms with Gasteiger partial charge in [0.25, 0.3) is 0 Å². The summed E-state index contributed by atoms with van der Waals surface area (Å²) in [6.07, 6.45) is 7.39. The summed E-state index contributed by atoms with van der Waals surface area (Å²) in [7, 11) is -4.09. The van der Waals surface area contributed by atoms with Gasteiger partial charge < -0.3 is 14.7 Å². The van der Waals surface area contributed by atoms with Gasteiger partial charge in [-0.3, -0.25) is 19.3 Å². The molecule has 3 N–H and O–H groups in total. The SMILES string of the molecule is Cc1ncc(CO[P@@](=O)(NC(C)C(=O)O)Oc2ccccc2)c(C=NC2CCCC2)c1O. The molecule has 172 valence electrons. The number of nitrogens with zero attached hydrogens (tertiary/aromatic N) is 2. The third-order valence-electron chi connectivity index (χ3n) is 5.18. The maximum absolute atomic E-state index is 13.4. The number of aliphatic carboxylic acids is 1. The van der Waals surface area contributed by atoms with Crippen molar-refractivity contribution in [2.45, 2.75) is 58.2 Å². The molecule has 1 saturated carbocycles. The highest BCUT2D eigenvalue weighted by Gasteiger charge is 2.32. The summed E-state index contributed by atoms with van der Waals surface area (Å²) < 4.78 is 24.5. The Bertz CT molecular complexity index is 1010. The average Bonchev–Trinajstić information content (AvgIpc) is 3.28. The summed E-state index contributed by atoms with van der Waals surface area (Å²) in [5.41, 5.74) is 1.32. The van der Waals surface area contributed by atoms with Gasteiger partial charge in [-0.05, 0) is 38.8 Å². The Morgan fingerprint density at radius 2 is 2.03 bits per heavy atom. The number of carbonyl (C=O) groups is 1. The van der Waals surface area contributed by atoms with Crippen LogP contribution in [0.2, 0.25) is 0 Å². The molecule has 32 heavy (non-hydrogen) atoms. The molecule has 1 aliphatic rings. The van der Waals surface area contributed by atoms with Crippen molar-refractivity contribution >= 4 is 19.9 Å². The molecule has 1 fully saturated rings. The number of nitrogens with one attached hydrogen (secondary N) is 1. The van der Waals surface area contributed by atoms with Crippen LogP contribution in [0.1, 0.15) is 49.4 Å². The summed E-state index contributed by atoms with van der Waals surface area (Å²) in [5, 5.41) is 22.2. The van der Waals surface area contributed by atoms with E-state index in [2.05, 4.69) is 15.1 Å². The highest BCUT2D eigenvalue weighted by molar-refractivity contribution is 7.52. The van der Waals surface area contributed by atoms with Crippen LogP contribution in [-0.4, -0.2) is 39.5 Å². The lowest BCUT2D eigenvalue weighted by Gasteiger charge is -2.22. The van der Waals surface area contributed by atoms with Crippen LogP contribution in [0.15, 0.2) is 41.5 Å². The van der Waals surface area contributed by atoms with Gasteiger partial charge in [0.2, 0.25) is 0 Å². The second-order valence-corrected chi connectivity index (χ2v) is 9.41. The van der Waals surface area contributed by atoms with Crippen LogP contribution in [0.3, 0.4) is 0 Å². The predicted octanol–water partition coefficient (Wildman–Crippen LogP) is 4.22. The Morgan fingerprint density at radius 3 is 2.69 bits per heavy atom. The fourth-order valence-electron chi connectivity index (χ4n) is 3.30. The van der Waals surface area contributed by atoms with Crippen molar-refractivity contribution in [3.63, 3.8) is 0 Å². The van der Waals surface area contributed by atoms with Crippen LogP contribution < -0.4 is 9.61 Å². The lowest BCUT2D eigenvalue weighted by molar-refractivity contribution is -0.138. The Balaban J connectivity index is 1.83. The Hall–Kier alpha value is -2.74. The number of hydrogen-bond acceptors (Lipinski definition) is 7. The average molecular weight is 461 g/mol. The molecule has 1 heterocycles. The van der Waals surface area contributed by atoms with Gasteiger partial charge in [-0.15, -0.1) is 0 Å². The van der Waals surface area contributed by atoms with E-state index < -0.39 is 19.8 Å². The number of aromatic hydroxyl groups is 1. The number of benzene rings is 1. The molecule has 0 amide bonds. The molecule has 3 rings (SSSR count). The van der Waals surface area contributed by atoms with Gasteiger partial charge in [-0.2, -0.15) is 5.09 Å². The molecule has 0 aliphatic heterocycles. The molecule has 0 spiro atoms. The van der Waals surface area contributed by atoms with Crippen molar-refractivity contribution in [2.24, 2.45) is 4.99 Å². The fourth-order valence-corrected chi connectivity index (χ4v) is 4.77. The normalized spacial score (nSPS) is 17.3. The molecule has 0 bridgehead atoms. The summed E-state index contributed by atoms with van der Waals surface area (Å²) in [5.74, 6) is -0.975. The van der Waals surface area contributed by atoms with E-state index in [-0.39, 0.29) is 24.1 Å². The first-order valence-electron chi connectivity index (χ1n) is 10.5. The smallest absolute Gasteiger partial charge is 0.459 e. The largest absolute Gasteiger partial charge is 0.505 e. The predicted molar refractivity (Wildman–Crippen MR) is 120 cm³/mol. The van der Waals surface area contributed by atoms with Crippen LogP contribution in [0, 0.1) is 6.92 Å².